The van der Waals surface area contributed by atoms with Crippen LogP contribution in [0.4, 0.5) is 0 Å². The van der Waals surface area contributed by atoms with Crippen molar-refractivity contribution in [2.45, 2.75) is 36.4 Å². The molecule has 0 radical (unpaired) electrons. The Hall–Kier alpha value is -4.80. The Bertz CT molecular complexity index is 1720. The highest BCUT2D eigenvalue weighted by Gasteiger charge is 2.60. The Morgan fingerprint density at radius 2 is 1.34 bits per heavy atom. The second-order valence-electron chi connectivity index (χ2n) is 11.0. The number of aliphatic hydroxyl groups is 2. The zero-order valence-electron chi connectivity index (χ0n) is 24.6. The SMILES string of the molecule is COc1ccc([C@@H]2Oc3c(c(OC)cc4c3[C@H]3c5c(O)cc(OC)cc5O[C@](c5ccc(OC)cc5)(O4)[C@@H]3O)C[C@H]2O)cc1. The molecule has 0 aliphatic carbocycles. The normalized spacial score (nSPS) is 24.3. The van der Waals surface area contributed by atoms with Gasteiger partial charge in [-0.2, -0.15) is 0 Å². The van der Waals surface area contributed by atoms with E-state index >= 15 is 0 Å². The molecule has 5 atom stereocenters. The van der Waals surface area contributed by atoms with Crippen molar-refractivity contribution >= 4 is 0 Å². The van der Waals surface area contributed by atoms with Gasteiger partial charge in [0.2, 0.25) is 0 Å². The van der Waals surface area contributed by atoms with Crippen molar-refractivity contribution in [1.82, 2.24) is 0 Å². The van der Waals surface area contributed by atoms with Crippen molar-refractivity contribution < 1.29 is 48.5 Å². The summed E-state index contributed by atoms with van der Waals surface area (Å²) >= 11 is 0. The van der Waals surface area contributed by atoms with Crippen LogP contribution in [0.5, 0.6) is 46.0 Å². The number of hydrogen-bond acceptors (Lipinski definition) is 10. The summed E-state index contributed by atoms with van der Waals surface area (Å²) in [7, 11) is 6.18. The van der Waals surface area contributed by atoms with Crippen LogP contribution in [-0.4, -0.2) is 56.0 Å². The topological polar surface area (TPSA) is 125 Å². The first kappa shape index (κ1) is 28.0. The molecule has 0 saturated carbocycles. The summed E-state index contributed by atoms with van der Waals surface area (Å²) in [6.45, 7) is 0. The number of ether oxygens (including phenoxy) is 7. The molecular weight excluding hydrogens is 568 g/mol. The van der Waals surface area contributed by atoms with Gasteiger partial charge in [-0.1, -0.05) is 12.1 Å². The first-order valence-corrected chi connectivity index (χ1v) is 14.2. The predicted molar refractivity (Wildman–Crippen MR) is 158 cm³/mol. The second kappa shape index (κ2) is 10.4. The molecule has 2 bridgehead atoms. The lowest BCUT2D eigenvalue weighted by atomic mass is 9.74. The molecule has 0 aromatic heterocycles. The maximum Gasteiger partial charge on any atom is 0.305 e. The number of hydrogen-bond donors (Lipinski definition) is 3. The van der Waals surface area contributed by atoms with Crippen LogP contribution in [0.1, 0.15) is 39.8 Å². The third-order valence-electron chi connectivity index (χ3n) is 8.69. The summed E-state index contributed by atoms with van der Waals surface area (Å²) in [5.74, 6) is 0.460. The van der Waals surface area contributed by atoms with Gasteiger partial charge in [-0.05, 0) is 42.0 Å². The number of rotatable bonds is 6. The van der Waals surface area contributed by atoms with Gasteiger partial charge in [-0.3, -0.25) is 0 Å². The van der Waals surface area contributed by atoms with Crippen molar-refractivity contribution in [3.63, 3.8) is 0 Å². The molecule has 4 aromatic rings. The van der Waals surface area contributed by atoms with E-state index in [-0.39, 0.29) is 17.9 Å². The Balaban J connectivity index is 1.46. The molecule has 44 heavy (non-hydrogen) atoms. The molecule has 3 aliphatic rings. The standard InChI is InChI=1S/C34H32O10/c1-38-19-9-5-17(6-10-19)31-24(36)15-22-25(41-4)16-27-29(32(22)42-31)30-28-23(35)13-21(40-3)14-26(28)43-34(44-27,33(30)37)18-7-11-20(39-2)12-8-18/h5-14,16,24,30-31,33,35-37H,15H2,1-4H3/t24-,30-,31+,33-,34-/m1/s1. The molecule has 10 heteroatoms. The molecule has 3 N–H and O–H groups in total. The summed E-state index contributed by atoms with van der Waals surface area (Å²) in [4.78, 5) is 0. The summed E-state index contributed by atoms with van der Waals surface area (Å²) in [5, 5.41) is 34.8. The first-order chi connectivity index (χ1) is 21.3. The molecule has 228 valence electrons. The van der Waals surface area contributed by atoms with Crippen LogP contribution in [0.15, 0.2) is 66.7 Å². The van der Waals surface area contributed by atoms with E-state index in [1.54, 1.807) is 62.8 Å². The summed E-state index contributed by atoms with van der Waals surface area (Å²) in [6, 6.07) is 19.2. The predicted octanol–water partition coefficient (Wildman–Crippen LogP) is 4.59. The number of fused-ring (bicyclic) bond motifs is 8. The molecule has 0 amide bonds. The van der Waals surface area contributed by atoms with Gasteiger partial charge in [0.25, 0.3) is 0 Å². The molecule has 0 unspecified atom stereocenters. The second-order valence-corrected chi connectivity index (χ2v) is 11.0. The van der Waals surface area contributed by atoms with Crippen LogP contribution in [0.25, 0.3) is 0 Å². The number of aliphatic hydroxyl groups excluding tert-OH is 2. The molecule has 0 saturated heterocycles. The zero-order valence-corrected chi connectivity index (χ0v) is 24.6. The van der Waals surface area contributed by atoms with Crippen LogP contribution in [-0.2, 0) is 12.2 Å². The quantitative estimate of drug-likeness (QED) is 0.289. The number of phenols is 1. The van der Waals surface area contributed by atoms with Gasteiger partial charge < -0.3 is 48.5 Å². The Morgan fingerprint density at radius 1 is 0.727 bits per heavy atom. The number of methoxy groups -OCH3 is 4. The fraction of sp³-hybridized carbons (Fsp3) is 0.294. The van der Waals surface area contributed by atoms with E-state index in [1.807, 2.05) is 12.1 Å². The molecular formula is C34H32O10. The van der Waals surface area contributed by atoms with Crippen LogP contribution in [0.3, 0.4) is 0 Å². The summed E-state index contributed by atoms with van der Waals surface area (Å²) in [6.07, 6.45) is -2.75. The fourth-order valence-corrected chi connectivity index (χ4v) is 6.53. The van der Waals surface area contributed by atoms with Crippen molar-refractivity contribution in [2.24, 2.45) is 0 Å². The van der Waals surface area contributed by atoms with Crippen LogP contribution >= 0.6 is 0 Å². The molecule has 3 aliphatic heterocycles. The average molecular weight is 601 g/mol. The number of benzene rings is 4. The van der Waals surface area contributed by atoms with Gasteiger partial charge in [0, 0.05) is 46.9 Å². The van der Waals surface area contributed by atoms with Crippen molar-refractivity contribution in [3.05, 3.63) is 94.5 Å². The van der Waals surface area contributed by atoms with E-state index in [0.29, 0.717) is 56.8 Å². The third-order valence-corrected chi connectivity index (χ3v) is 8.69. The van der Waals surface area contributed by atoms with Gasteiger partial charge in [-0.25, -0.2) is 0 Å². The van der Waals surface area contributed by atoms with E-state index in [4.69, 9.17) is 33.2 Å². The lowest BCUT2D eigenvalue weighted by molar-refractivity contribution is -0.219. The molecule has 4 aromatic carbocycles. The van der Waals surface area contributed by atoms with Crippen molar-refractivity contribution in [3.8, 4) is 46.0 Å². The van der Waals surface area contributed by atoms with Crippen molar-refractivity contribution in [2.75, 3.05) is 28.4 Å². The van der Waals surface area contributed by atoms with E-state index in [9.17, 15) is 15.3 Å². The largest absolute Gasteiger partial charge is 0.507 e. The highest BCUT2D eigenvalue weighted by Crippen LogP contribution is 2.62. The minimum absolute atomic E-state index is 0.119. The van der Waals surface area contributed by atoms with E-state index in [1.165, 1.54) is 20.3 Å². The van der Waals surface area contributed by atoms with Crippen molar-refractivity contribution in [1.29, 1.82) is 0 Å². The number of aromatic hydroxyl groups is 1. The third kappa shape index (κ3) is 4.09. The lowest BCUT2D eigenvalue weighted by Crippen LogP contribution is -2.57. The average Bonchev–Trinajstić information content (AvgIpc) is 3.04. The first-order valence-electron chi connectivity index (χ1n) is 14.2. The minimum Gasteiger partial charge on any atom is -0.507 e. The fourth-order valence-electron chi connectivity index (χ4n) is 6.53. The Kier molecular flexibility index (Phi) is 6.64. The van der Waals surface area contributed by atoms with Gasteiger partial charge in [0.15, 0.2) is 0 Å². The van der Waals surface area contributed by atoms with Gasteiger partial charge in [-0.15, -0.1) is 0 Å². The highest BCUT2D eigenvalue weighted by molar-refractivity contribution is 5.68. The van der Waals surface area contributed by atoms with Gasteiger partial charge in [0.05, 0.1) is 40.5 Å². The van der Waals surface area contributed by atoms with Crippen LogP contribution in [0, 0.1) is 0 Å². The molecule has 0 fully saturated rings. The Labute approximate surface area is 253 Å². The molecule has 3 heterocycles. The number of phenolic OH excluding ortho intramolecular Hbond substituents is 1. The van der Waals surface area contributed by atoms with E-state index in [2.05, 4.69) is 0 Å². The smallest absolute Gasteiger partial charge is 0.305 e. The minimum atomic E-state index is -1.71. The molecule has 7 rings (SSSR count). The van der Waals surface area contributed by atoms with Gasteiger partial charge in [0.1, 0.15) is 58.2 Å². The Morgan fingerprint density at radius 3 is 1.95 bits per heavy atom. The zero-order chi connectivity index (χ0) is 30.7. The maximum atomic E-state index is 12.2. The van der Waals surface area contributed by atoms with Crippen LogP contribution in [0.2, 0.25) is 0 Å². The van der Waals surface area contributed by atoms with Crippen LogP contribution < -0.4 is 33.2 Å². The van der Waals surface area contributed by atoms with Gasteiger partial charge >= 0.3 is 5.79 Å². The highest BCUT2D eigenvalue weighted by atomic mass is 16.7. The lowest BCUT2D eigenvalue weighted by Gasteiger charge is -2.50. The van der Waals surface area contributed by atoms with E-state index < -0.39 is 30.0 Å². The summed E-state index contributed by atoms with van der Waals surface area (Å²) in [5.41, 5.74) is 2.75. The maximum absolute atomic E-state index is 12.2. The monoisotopic (exact) mass is 600 g/mol. The van der Waals surface area contributed by atoms with E-state index in [0.717, 1.165) is 5.56 Å². The summed E-state index contributed by atoms with van der Waals surface area (Å²) < 4.78 is 41.6. The molecule has 0 spiro atoms. The molecule has 10 nitrogen and oxygen atoms in total.